The number of ether oxygens (including phenoxy) is 1. The van der Waals surface area contributed by atoms with Crippen LogP contribution in [0.4, 0.5) is 4.79 Å². The minimum atomic E-state index is -4.61. The van der Waals surface area contributed by atoms with E-state index in [4.69, 9.17) is 18.9 Å². The van der Waals surface area contributed by atoms with Crippen molar-refractivity contribution in [3.63, 3.8) is 0 Å². The van der Waals surface area contributed by atoms with E-state index in [1.807, 2.05) is 0 Å². The summed E-state index contributed by atoms with van der Waals surface area (Å²) in [6.07, 6.45) is 0.961. The second-order valence-electron chi connectivity index (χ2n) is 8.04. The van der Waals surface area contributed by atoms with E-state index >= 15 is 0 Å². The molecule has 3 amide bonds. The average Bonchev–Trinajstić information content (AvgIpc) is 2.89. The van der Waals surface area contributed by atoms with Gasteiger partial charge in [0.1, 0.15) is 11.6 Å². The van der Waals surface area contributed by atoms with Gasteiger partial charge in [-0.1, -0.05) is 0 Å². The number of urea groups is 1. The lowest BCUT2D eigenvalue weighted by molar-refractivity contribution is -0.152. The highest BCUT2D eigenvalue weighted by Gasteiger charge is 2.52. The first-order valence-corrected chi connectivity index (χ1v) is 9.88. The molecule has 3 aliphatic rings. The topological polar surface area (TPSA) is 146 Å². The molecule has 3 rings (SSSR count). The molecule has 3 atom stereocenters. The van der Waals surface area contributed by atoms with E-state index in [2.05, 4.69) is 0 Å². The number of rotatable bonds is 6. The number of hydroxylamine groups is 2. The van der Waals surface area contributed by atoms with E-state index in [9.17, 15) is 22.8 Å². The predicted molar refractivity (Wildman–Crippen MR) is 88.8 cm³/mol. The number of carbonyl (C=O) groups excluding carboxylic acids is 3. The van der Waals surface area contributed by atoms with Crippen molar-refractivity contribution in [3.05, 3.63) is 0 Å². The fourth-order valence-electron chi connectivity index (χ4n) is 3.88. The van der Waals surface area contributed by atoms with Crippen molar-refractivity contribution >= 4 is 28.3 Å². The number of nitrogens with two attached hydrogens (primary N) is 1. The molecule has 0 aromatic heterocycles. The Morgan fingerprint density at radius 3 is 2.52 bits per heavy atom. The highest BCUT2D eigenvalue weighted by Crippen LogP contribution is 2.40. The van der Waals surface area contributed by atoms with Gasteiger partial charge in [0.05, 0.1) is 18.1 Å². The van der Waals surface area contributed by atoms with Gasteiger partial charge in [-0.2, -0.15) is 13.5 Å². The number of hydrogen-bond donors (Lipinski definition) is 1. The van der Waals surface area contributed by atoms with E-state index in [0.29, 0.717) is 17.9 Å². The lowest BCUT2D eigenvalue weighted by Crippen LogP contribution is -2.47. The Balaban J connectivity index is 1.65. The van der Waals surface area contributed by atoms with Crippen LogP contribution in [0.25, 0.3) is 0 Å². The normalized spacial score (nSPS) is 32.7. The Kier molecular flexibility index (Phi) is 4.64. The first-order chi connectivity index (χ1) is 12.3. The largest absolute Gasteiger partial charge is 0.459 e. The van der Waals surface area contributed by atoms with Gasteiger partial charge in [0, 0.05) is 13.0 Å². The first-order valence-electron chi connectivity index (χ1n) is 8.55. The molecule has 0 aromatic rings. The summed E-state index contributed by atoms with van der Waals surface area (Å²) < 4.78 is 39.3. The third-order valence-electron chi connectivity index (χ3n) is 5.02. The Labute approximate surface area is 157 Å². The molecule has 27 heavy (non-hydrogen) atoms. The van der Waals surface area contributed by atoms with E-state index in [1.165, 1.54) is 11.8 Å². The Morgan fingerprint density at radius 2 is 1.96 bits per heavy atom. The van der Waals surface area contributed by atoms with Crippen LogP contribution in [-0.2, 0) is 33.2 Å². The number of amides is 3. The van der Waals surface area contributed by atoms with Crippen LogP contribution in [0.5, 0.6) is 0 Å². The molecular formula is C15H23N3O8S. The van der Waals surface area contributed by atoms with Gasteiger partial charge < -0.3 is 15.4 Å². The number of piperidine rings is 1. The number of fused-ring (bicyclic) bond motifs is 2. The maximum Gasteiger partial charge on any atom is 0.421 e. The molecular weight excluding hydrogens is 382 g/mol. The number of carbonyl (C=O) groups is 3. The van der Waals surface area contributed by atoms with Crippen LogP contribution in [0.2, 0.25) is 0 Å². The molecule has 0 saturated carbocycles. The molecule has 0 radical (unpaired) electrons. The lowest BCUT2D eigenvalue weighted by Gasteiger charge is -2.27. The van der Waals surface area contributed by atoms with E-state index in [-0.39, 0.29) is 13.0 Å². The molecule has 2 N–H and O–H groups in total. The van der Waals surface area contributed by atoms with Gasteiger partial charge in [-0.3, -0.25) is 9.59 Å². The molecule has 0 spiro atoms. The van der Waals surface area contributed by atoms with Crippen molar-refractivity contribution in [2.24, 2.45) is 11.1 Å². The predicted octanol–water partition coefficient (Wildman–Crippen LogP) is -0.335. The van der Waals surface area contributed by atoms with Crippen LogP contribution in [0, 0.1) is 5.41 Å². The molecule has 2 bridgehead atoms. The molecule has 3 fully saturated rings. The quantitative estimate of drug-likeness (QED) is 0.591. The van der Waals surface area contributed by atoms with Crippen LogP contribution in [0.3, 0.4) is 0 Å². The highest BCUT2D eigenvalue weighted by molar-refractivity contribution is 7.81. The van der Waals surface area contributed by atoms with Crippen LogP contribution in [0.15, 0.2) is 0 Å². The van der Waals surface area contributed by atoms with Crippen LogP contribution < -0.4 is 5.73 Å². The van der Waals surface area contributed by atoms with Gasteiger partial charge in [0.15, 0.2) is 0 Å². The molecule has 3 aliphatic heterocycles. The SMILES string of the molecule is CC1(C)CC(C)(COS(=O)(=O)ON2C(=O)N3CC2CCC3C(N)=O)C(=O)O1. The maximum atomic E-state index is 12.4. The second-order valence-corrected chi connectivity index (χ2v) is 9.24. The van der Waals surface area contributed by atoms with Gasteiger partial charge in [-0.25, -0.2) is 8.98 Å². The van der Waals surface area contributed by atoms with E-state index in [0.717, 1.165) is 0 Å². The van der Waals surface area contributed by atoms with Crippen molar-refractivity contribution in [3.8, 4) is 0 Å². The molecule has 3 heterocycles. The number of esters is 1. The van der Waals surface area contributed by atoms with Gasteiger partial charge in [0.2, 0.25) is 5.91 Å². The molecule has 0 aliphatic carbocycles. The van der Waals surface area contributed by atoms with Crippen molar-refractivity contribution in [1.29, 1.82) is 0 Å². The van der Waals surface area contributed by atoms with Crippen LogP contribution in [0.1, 0.15) is 40.0 Å². The standard InChI is InChI=1S/C15H23N3O8S/c1-14(2)7-15(3,12(20)25-14)8-24-27(22,23)26-18-9-4-5-10(11(16)19)17(6-9)13(18)21/h9-10H,4-8H2,1-3H3,(H2,16,19). The van der Waals surface area contributed by atoms with Gasteiger partial charge in [-0.05, 0) is 33.6 Å². The summed E-state index contributed by atoms with van der Waals surface area (Å²) in [5.41, 5.74) is 3.40. The molecule has 3 unspecified atom stereocenters. The zero-order valence-electron chi connectivity index (χ0n) is 15.3. The fraction of sp³-hybridized carbons (Fsp3) is 0.800. The van der Waals surface area contributed by atoms with E-state index in [1.54, 1.807) is 13.8 Å². The third-order valence-corrected chi connectivity index (χ3v) is 5.77. The Bertz CT molecular complexity index is 782. The van der Waals surface area contributed by atoms with Gasteiger partial charge >= 0.3 is 22.4 Å². The molecule has 3 saturated heterocycles. The van der Waals surface area contributed by atoms with Crippen molar-refractivity contribution in [2.45, 2.75) is 57.7 Å². The fourth-order valence-corrected chi connectivity index (χ4v) is 4.71. The summed E-state index contributed by atoms with van der Waals surface area (Å²) in [4.78, 5) is 37.0. The zero-order valence-corrected chi connectivity index (χ0v) is 16.2. The minimum absolute atomic E-state index is 0.139. The summed E-state index contributed by atoms with van der Waals surface area (Å²) >= 11 is 0. The number of nitrogens with zero attached hydrogens (tertiary/aromatic N) is 2. The zero-order chi connectivity index (χ0) is 20.2. The van der Waals surface area contributed by atoms with Crippen LogP contribution in [-0.4, -0.2) is 67.1 Å². The molecule has 11 nitrogen and oxygen atoms in total. The average molecular weight is 405 g/mol. The molecule has 0 aromatic carbocycles. The van der Waals surface area contributed by atoms with Gasteiger partial charge in [0.25, 0.3) is 0 Å². The number of cyclic esters (lactones) is 1. The summed E-state index contributed by atoms with van der Waals surface area (Å²) in [7, 11) is -4.61. The Morgan fingerprint density at radius 1 is 1.30 bits per heavy atom. The van der Waals surface area contributed by atoms with Crippen LogP contribution >= 0.6 is 0 Å². The van der Waals surface area contributed by atoms with Crippen molar-refractivity contribution in [2.75, 3.05) is 13.2 Å². The second kappa shape index (κ2) is 6.31. The first kappa shape index (κ1) is 19.8. The summed E-state index contributed by atoms with van der Waals surface area (Å²) in [5, 5.41) is 0.692. The van der Waals surface area contributed by atoms with Crippen molar-refractivity contribution in [1.82, 2.24) is 9.96 Å². The third kappa shape index (κ3) is 3.73. The maximum absolute atomic E-state index is 12.4. The van der Waals surface area contributed by atoms with Gasteiger partial charge in [-0.15, -0.1) is 4.28 Å². The van der Waals surface area contributed by atoms with E-state index < -0.39 is 58.0 Å². The minimum Gasteiger partial charge on any atom is -0.459 e. The Hall–Kier alpha value is -1.92. The number of hydrogen-bond acceptors (Lipinski definition) is 8. The molecule has 12 heteroatoms. The lowest BCUT2D eigenvalue weighted by atomic mass is 9.84. The summed E-state index contributed by atoms with van der Waals surface area (Å²) in [6.45, 7) is 4.64. The monoisotopic (exact) mass is 405 g/mol. The smallest absolute Gasteiger partial charge is 0.421 e. The highest BCUT2D eigenvalue weighted by atomic mass is 32.3. The summed E-state index contributed by atoms with van der Waals surface area (Å²) in [5.74, 6) is -1.22. The van der Waals surface area contributed by atoms with Crippen molar-refractivity contribution < 1.29 is 36.0 Å². The number of primary amides is 1. The summed E-state index contributed by atoms with van der Waals surface area (Å²) in [6, 6.07) is -2.08. The molecule has 152 valence electrons.